The Bertz CT molecular complexity index is 576. The molecule has 6 heteroatoms. The second-order valence-corrected chi connectivity index (χ2v) is 3.64. The summed E-state index contributed by atoms with van der Waals surface area (Å²) in [5.74, 6) is -0.0129. The fraction of sp³-hybridized carbons (Fsp3) is 0.200. The summed E-state index contributed by atoms with van der Waals surface area (Å²) in [7, 11) is 0. The molecule has 0 amide bonds. The zero-order chi connectivity index (χ0) is 11.7. The summed E-state index contributed by atoms with van der Waals surface area (Å²) in [5.41, 5.74) is 0.0241. The van der Waals surface area contributed by atoms with Crippen LogP contribution in [0.25, 0.3) is 5.69 Å². The van der Waals surface area contributed by atoms with Crippen molar-refractivity contribution in [3.05, 3.63) is 45.3 Å². The number of hydrogen-bond acceptors (Lipinski definition) is 2. The molecule has 2 rings (SSSR count). The first-order valence-corrected chi connectivity index (χ1v) is 5.13. The van der Waals surface area contributed by atoms with Crippen molar-refractivity contribution in [2.24, 2.45) is 0 Å². The molecule has 0 radical (unpaired) electrons. The van der Waals surface area contributed by atoms with Crippen molar-refractivity contribution in [2.75, 3.05) is 0 Å². The number of halogens is 2. The van der Waals surface area contributed by atoms with E-state index < -0.39 is 11.5 Å². The fourth-order valence-electron chi connectivity index (χ4n) is 1.46. The van der Waals surface area contributed by atoms with Gasteiger partial charge in [0.2, 0.25) is 0 Å². The van der Waals surface area contributed by atoms with E-state index in [1.807, 2.05) is 6.92 Å². The molecule has 16 heavy (non-hydrogen) atoms. The molecule has 1 N–H and O–H groups in total. The lowest BCUT2D eigenvalue weighted by Gasteiger charge is -2.04. The number of aryl methyl sites for hydroxylation is 1. The van der Waals surface area contributed by atoms with E-state index >= 15 is 0 Å². The number of nitrogens with zero attached hydrogens (tertiary/aromatic N) is 2. The van der Waals surface area contributed by atoms with Crippen molar-refractivity contribution in [2.45, 2.75) is 13.3 Å². The molecule has 1 aromatic carbocycles. The standard InChI is InChI=1S/C10H9ClFN3O/c1-2-9-13-14-10(16)15(9)6-3-4-7(11)8(12)5-6/h3-5H,2H2,1H3,(H,14,16). The predicted octanol–water partition coefficient (Wildman–Crippen LogP) is 1.92. The summed E-state index contributed by atoms with van der Waals surface area (Å²) >= 11 is 5.57. The molecule has 0 aliphatic rings. The van der Waals surface area contributed by atoms with E-state index in [4.69, 9.17) is 11.6 Å². The highest BCUT2D eigenvalue weighted by atomic mass is 35.5. The van der Waals surface area contributed by atoms with Gasteiger partial charge in [0.05, 0.1) is 10.7 Å². The van der Waals surface area contributed by atoms with Crippen molar-refractivity contribution < 1.29 is 4.39 Å². The Morgan fingerprint density at radius 2 is 2.31 bits per heavy atom. The van der Waals surface area contributed by atoms with Gasteiger partial charge in [-0.05, 0) is 18.2 Å². The van der Waals surface area contributed by atoms with E-state index in [0.717, 1.165) is 0 Å². The van der Waals surface area contributed by atoms with Gasteiger partial charge in [-0.3, -0.25) is 0 Å². The number of hydrogen-bond donors (Lipinski definition) is 1. The maximum absolute atomic E-state index is 13.3. The number of rotatable bonds is 2. The first kappa shape index (κ1) is 10.9. The predicted molar refractivity (Wildman–Crippen MR) is 58.5 cm³/mol. The molecule has 1 heterocycles. The lowest BCUT2D eigenvalue weighted by molar-refractivity contribution is 0.626. The second kappa shape index (κ2) is 4.09. The topological polar surface area (TPSA) is 50.7 Å². The Morgan fingerprint density at radius 1 is 1.56 bits per heavy atom. The smallest absolute Gasteiger partial charge is 0.247 e. The van der Waals surface area contributed by atoms with Gasteiger partial charge in [-0.1, -0.05) is 18.5 Å². The van der Waals surface area contributed by atoms with Gasteiger partial charge in [0.25, 0.3) is 0 Å². The van der Waals surface area contributed by atoms with Crippen molar-refractivity contribution >= 4 is 11.6 Å². The molecule has 0 spiro atoms. The van der Waals surface area contributed by atoms with Gasteiger partial charge in [-0.15, -0.1) is 0 Å². The average molecular weight is 242 g/mol. The molecule has 1 aromatic heterocycles. The summed E-state index contributed by atoms with van der Waals surface area (Å²) < 4.78 is 14.6. The zero-order valence-corrected chi connectivity index (χ0v) is 9.25. The van der Waals surface area contributed by atoms with Crippen LogP contribution in [0.1, 0.15) is 12.7 Å². The molecule has 0 bridgehead atoms. The molecular weight excluding hydrogens is 233 g/mol. The quantitative estimate of drug-likeness (QED) is 0.873. The summed E-state index contributed by atoms with van der Waals surface area (Å²) in [6, 6.07) is 4.19. The molecule has 0 aliphatic carbocycles. The number of H-pyrrole nitrogens is 1. The molecule has 4 nitrogen and oxygen atoms in total. The van der Waals surface area contributed by atoms with Crippen LogP contribution in [-0.2, 0) is 6.42 Å². The summed E-state index contributed by atoms with van der Waals surface area (Å²) in [5, 5.41) is 6.18. The lowest BCUT2D eigenvalue weighted by atomic mass is 10.3. The summed E-state index contributed by atoms with van der Waals surface area (Å²) in [4.78, 5) is 11.5. The molecule has 0 saturated heterocycles. The van der Waals surface area contributed by atoms with Crippen LogP contribution in [0, 0.1) is 5.82 Å². The highest BCUT2D eigenvalue weighted by molar-refractivity contribution is 6.30. The van der Waals surface area contributed by atoms with E-state index in [9.17, 15) is 9.18 Å². The summed E-state index contributed by atoms with van der Waals surface area (Å²) in [6.45, 7) is 1.86. The van der Waals surface area contributed by atoms with Crippen molar-refractivity contribution in [3.63, 3.8) is 0 Å². The van der Waals surface area contributed by atoms with E-state index in [-0.39, 0.29) is 5.02 Å². The molecule has 2 aromatic rings. The van der Waals surface area contributed by atoms with Crippen LogP contribution in [0.15, 0.2) is 23.0 Å². The number of aromatic amines is 1. The third kappa shape index (κ3) is 1.74. The van der Waals surface area contributed by atoms with Gasteiger partial charge in [0.1, 0.15) is 11.6 Å². The Hall–Kier alpha value is -1.62. The SMILES string of the molecule is CCc1n[nH]c(=O)n1-c1ccc(Cl)c(F)c1. The van der Waals surface area contributed by atoms with Crippen molar-refractivity contribution in [1.82, 2.24) is 14.8 Å². The van der Waals surface area contributed by atoms with Crippen LogP contribution in [0.3, 0.4) is 0 Å². The van der Waals surface area contributed by atoms with Crippen molar-refractivity contribution in [1.29, 1.82) is 0 Å². The average Bonchev–Trinajstić information content (AvgIpc) is 2.64. The minimum absolute atomic E-state index is 0.0262. The van der Waals surface area contributed by atoms with Gasteiger partial charge in [0.15, 0.2) is 0 Å². The first-order valence-electron chi connectivity index (χ1n) is 4.75. The Kier molecular flexibility index (Phi) is 2.78. The van der Waals surface area contributed by atoms with Gasteiger partial charge >= 0.3 is 5.69 Å². The first-order chi connectivity index (χ1) is 7.63. The monoisotopic (exact) mass is 241 g/mol. The molecule has 84 valence electrons. The molecule has 0 unspecified atom stereocenters. The van der Waals surface area contributed by atoms with Gasteiger partial charge in [0, 0.05) is 6.42 Å². The Labute approximate surface area is 95.7 Å². The van der Waals surface area contributed by atoms with Crippen molar-refractivity contribution in [3.8, 4) is 5.69 Å². The minimum atomic E-state index is -0.561. The third-order valence-electron chi connectivity index (χ3n) is 2.22. The van der Waals surface area contributed by atoms with Crippen LogP contribution in [-0.4, -0.2) is 14.8 Å². The van der Waals surface area contributed by atoms with E-state index in [1.165, 1.54) is 16.7 Å². The highest BCUT2D eigenvalue weighted by Crippen LogP contribution is 2.17. The molecular formula is C10H9ClFN3O. The van der Waals surface area contributed by atoms with Gasteiger partial charge in [-0.25, -0.2) is 18.9 Å². The van der Waals surface area contributed by atoms with Crippen LogP contribution >= 0.6 is 11.6 Å². The maximum atomic E-state index is 13.3. The van der Waals surface area contributed by atoms with Crippen LogP contribution < -0.4 is 5.69 Å². The Morgan fingerprint density at radius 3 is 2.94 bits per heavy atom. The largest absolute Gasteiger partial charge is 0.347 e. The summed E-state index contributed by atoms with van der Waals surface area (Å²) in [6.07, 6.45) is 0.572. The van der Waals surface area contributed by atoms with Crippen LogP contribution in [0.2, 0.25) is 5.02 Å². The number of aromatic nitrogens is 3. The highest BCUT2D eigenvalue weighted by Gasteiger charge is 2.10. The normalized spacial score (nSPS) is 10.7. The maximum Gasteiger partial charge on any atom is 0.347 e. The fourth-order valence-corrected chi connectivity index (χ4v) is 1.57. The zero-order valence-electron chi connectivity index (χ0n) is 8.50. The van der Waals surface area contributed by atoms with E-state index in [1.54, 1.807) is 6.07 Å². The Balaban J connectivity index is 2.62. The number of benzene rings is 1. The number of nitrogens with one attached hydrogen (secondary N) is 1. The van der Waals surface area contributed by atoms with Crippen LogP contribution in [0.4, 0.5) is 4.39 Å². The van der Waals surface area contributed by atoms with E-state index in [2.05, 4.69) is 10.2 Å². The second-order valence-electron chi connectivity index (χ2n) is 3.23. The van der Waals surface area contributed by atoms with Gasteiger partial charge < -0.3 is 0 Å². The third-order valence-corrected chi connectivity index (χ3v) is 2.53. The lowest BCUT2D eigenvalue weighted by Crippen LogP contribution is -2.16. The molecule has 0 fully saturated rings. The van der Waals surface area contributed by atoms with Gasteiger partial charge in [-0.2, -0.15) is 5.10 Å². The van der Waals surface area contributed by atoms with Crippen LogP contribution in [0.5, 0.6) is 0 Å². The van der Waals surface area contributed by atoms with E-state index in [0.29, 0.717) is 17.9 Å². The minimum Gasteiger partial charge on any atom is -0.247 e. The molecule has 0 saturated carbocycles. The molecule has 0 atom stereocenters. The molecule has 0 aliphatic heterocycles.